The van der Waals surface area contributed by atoms with E-state index >= 15 is 0 Å². The van der Waals surface area contributed by atoms with Crippen molar-refractivity contribution in [3.63, 3.8) is 0 Å². The summed E-state index contributed by atoms with van der Waals surface area (Å²) < 4.78 is 12.0. The highest BCUT2D eigenvalue weighted by Gasteiger charge is 2.33. The van der Waals surface area contributed by atoms with Crippen LogP contribution in [-0.2, 0) is 14.4 Å². The Bertz CT molecular complexity index is 1300. The molecular formula is C34H48N4O6. The van der Waals surface area contributed by atoms with E-state index in [0.717, 1.165) is 11.3 Å². The number of amides is 4. The van der Waals surface area contributed by atoms with E-state index in [1.54, 1.807) is 43.3 Å². The molecule has 1 aliphatic heterocycles. The van der Waals surface area contributed by atoms with Gasteiger partial charge in [-0.25, -0.2) is 0 Å². The van der Waals surface area contributed by atoms with Crippen molar-refractivity contribution in [1.29, 1.82) is 0 Å². The van der Waals surface area contributed by atoms with Gasteiger partial charge < -0.3 is 29.9 Å². The molecule has 2 aromatic rings. The van der Waals surface area contributed by atoms with Crippen LogP contribution in [0.2, 0.25) is 0 Å². The van der Waals surface area contributed by atoms with Gasteiger partial charge in [0, 0.05) is 14.1 Å². The van der Waals surface area contributed by atoms with Crippen molar-refractivity contribution >= 4 is 23.6 Å². The quantitative estimate of drug-likeness (QED) is 0.447. The first kappa shape index (κ1) is 34.4. The molecule has 0 saturated heterocycles. The molecule has 4 amide bonds. The van der Waals surface area contributed by atoms with Crippen molar-refractivity contribution < 1.29 is 28.7 Å². The summed E-state index contributed by atoms with van der Waals surface area (Å²) >= 11 is 0. The molecule has 0 bridgehead atoms. The number of likely N-dealkylation sites (N-methyl/N-ethyl adjacent to an activating group) is 2. The second-order valence-corrected chi connectivity index (χ2v) is 12.4. The third-order valence-electron chi connectivity index (χ3n) is 7.69. The maximum absolute atomic E-state index is 13.8. The summed E-state index contributed by atoms with van der Waals surface area (Å²) in [5.74, 6) is -0.236. The number of hydrogen-bond acceptors (Lipinski definition) is 6. The molecule has 10 nitrogen and oxygen atoms in total. The third kappa shape index (κ3) is 9.72. The maximum atomic E-state index is 13.8. The molecule has 0 spiro atoms. The van der Waals surface area contributed by atoms with E-state index in [0.29, 0.717) is 18.6 Å². The molecule has 2 N–H and O–H groups in total. The fourth-order valence-electron chi connectivity index (χ4n) is 5.23. The Labute approximate surface area is 261 Å². The molecule has 1 heterocycles. The topological polar surface area (TPSA) is 117 Å². The van der Waals surface area contributed by atoms with Gasteiger partial charge in [-0.2, -0.15) is 0 Å². The fraction of sp³-hybridized carbons (Fsp3) is 0.529. The number of para-hydroxylation sites is 2. The first-order valence-electron chi connectivity index (χ1n) is 15.4. The lowest BCUT2D eigenvalue weighted by molar-refractivity contribution is -0.139. The maximum Gasteiger partial charge on any atom is 0.255 e. The lowest BCUT2D eigenvalue weighted by Gasteiger charge is -2.34. The monoisotopic (exact) mass is 608 g/mol. The van der Waals surface area contributed by atoms with Gasteiger partial charge >= 0.3 is 0 Å². The third-order valence-corrected chi connectivity index (χ3v) is 7.69. The number of nitrogens with zero attached hydrogens (tertiary/aromatic N) is 2. The zero-order chi connectivity index (χ0) is 32.4. The summed E-state index contributed by atoms with van der Waals surface area (Å²) in [6.45, 7) is 10.7. The zero-order valence-corrected chi connectivity index (χ0v) is 27.1. The van der Waals surface area contributed by atoms with Crippen molar-refractivity contribution in [2.45, 2.75) is 72.0 Å². The van der Waals surface area contributed by atoms with Crippen LogP contribution in [0.25, 0.3) is 0 Å². The van der Waals surface area contributed by atoms with Crippen LogP contribution in [-0.4, -0.2) is 85.4 Å². The van der Waals surface area contributed by atoms with Crippen LogP contribution in [0.3, 0.4) is 0 Å². The largest absolute Gasteiger partial charge is 0.491 e. The Balaban J connectivity index is 1.89. The van der Waals surface area contributed by atoms with Gasteiger partial charge in [0.25, 0.3) is 5.91 Å². The number of fused-ring (bicyclic) bond motifs is 1. The molecule has 0 fully saturated rings. The SMILES string of the molecule is Cc1ccccc1OCCN(C)C(=O)[C@@H]1CC(=O)N[C@H](CC(C)C)C(=O)N(C)[C@H](CC(C)C)COc2ccccc2C(=O)N1. The Hall–Kier alpha value is -4.08. The Morgan fingerprint density at radius 1 is 1.00 bits per heavy atom. The number of ether oxygens (including phenoxy) is 2. The molecule has 3 atom stereocenters. The van der Waals surface area contributed by atoms with Crippen LogP contribution in [0.5, 0.6) is 11.5 Å². The highest BCUT2D eigenvalue weighted by molar-refractivity contribution is 6.01. The number of benzene rings is 2. The minimum absolute atomic E-state index is 0.125. The number of rotatable bonds is 9. The van der Waals surface area contributed by atoms with Crippen LogP contribution in [0.4, 0.5) is 0 Å². The molecule has 0 saturated carbocycles. The van der Waals surface area contributed by atoms with Crippen LogP contribution in [0, 0.1) is 18.8 Å². The lowest BCUT2D eigenvalue weighted by atomic mass is 9.99. The number of nitrogens with one attached hydrogen (secondary N) is 2. The molecule has 0 aromatic heterocycles. The molecule has 0 aliphatic carbocycles. The zero-order valence-electron chi connectivity index (χ0n) is 27.1. The second kappa shape index (κ2) is 16.1. The molecular weight excluding hydrogens is 560 g/mol. The van der Waals surface area contributed by atoms with Crippen molar-refractivity contribution in [2.24, 2.45) is 11.8 Å². The first-order chi connectivity index (χ1) is 20.9. The van der Waals surface area contributed by atoms with Gasteiger partial charge in [0.15, 0.2) is 0 Å². The standard InChI is InChI=1S/C34H48N4O6/c1-22(2)18-25-21-44-30-15-11-9-13-26(30)32(40)36-28(20-31(39)35-27(19-23(3)4)34(42)38(25)7)33(41)37(6)16-17-43-29-14-10-8-12-24(29)5/h8-15,22-23,25,27-28H,16-21H2,1-7H3,(H,35,39)(H,36,40)/t25-,27-,28+/m1/s1. The first-order valence-corrected chi connectivity index (χ1v) is 15.4. The number of carbonyl (C=O) groups is 4. The summed E-state index contributed by atoms with van der Waals surface area (Å²) in [5.41, 5.74) is 1.22. The molecule has 10 heteroatoms. The van der Waals surface area contributed by atoms with Crippen molar-refractivity contribution in [2.75, 3.05) is 33.9 Å². The number of hydrogen-bond donors (Lipinski definition) is 2. The normalized spacial score (nSPS) is 19.9. The van der Waals surface area contributed by atoms with Crippen LogP contribution in [0.1, 0.15) is 62.9 Å². The van der Waals surface area contributed by atoms with Gasteiger partial charge in [-0.1, -0.05) is 58.0 Å². The minimum Gasteiger partial charge on any atom is -0.491 e. The van der Waals surface area contributed by atoms with E-state index in [-0.39, 0.29) is 55.5 Å². The van der Waals surface area contributed by atoms with Gasteiger partial charge in [0.05, 0.1) is 24.6 Å². The Morgan fingerprint density at radius 2 is 1.66 bits per heavy atom. The van der Waals surface area contributed by atoms with Crippen molar-refractivity contribution in [3.8, 4) is 11.5 Å². The average molecular weight is 609 g/mol. The lowest BCUT2D eigenvalue weighted by Crippen LogP contribution is -2.55. The Kier molecular flexibility index (Phi) is 12.6. The molecule has 0 radical (unpaired) electrons. The average Bonchev–Trinajstić information content (AvgIpc) is 2.97. The molecule has 44 heavy (non-hydrogen) atoms. The summed E-state index contributed by atoms with van der Waals surface area (Å²) in [6.07, 6.45) is 0.765. The second-order valence-electron chi connectivity index (χ2n) is 12.4. The highest BCUT2D eigenvalue weighted by atomic mass is 16.5. The summed E-state index contributed by atoms with van der Waals surface area (Å²) in [4.78, 5) is 57.5. The van der Waals surface area contributed by atoms with E-state index in [2.05, 4.69) is 24.5 Å². The summed E-state index contributed by atoms with van der Waals surface area (Å²) in [5, 5.41) is 5.63. The van der Waals surface area contributed by atoms with Crippen LogP contribution in [0.15, 0.2) is 48.5 Å². The molecule has 3 rings (SSSR count). The smallest absolute Gasteiger partial charge is 0.255 e. The molecule has 2 aromatic carbocycles. The van der Waals surface area contributed by atoms with Gasteiger partial charge in [-0.15, -0.1) is 0 Å². The molecule has 240 valence electrons. The number of carbonyl (C=O) groups excluding carboxylic acids is 4. The van der Waals surface area contributed by atoms with E-state index in [4.69, 9.17) is 9.47 Å². The van der Waals surface area contributed by atoms with Crippen molar-refractivity contribution in [3.05, 3.63) is 59.7 Å². The van der Waals surface area contributed by atoms with Crippen molar-refractivity contribution in [1.82, 2.24) is 20.4 Å². The minimum atomic E-state index is -1.18. The van der Waals surface area contributed by atoms with E-state index in [1.165, 1.54) is 4.90 Å². The summed E-state index contributed by atoms with van der Waals surface area (Å²) in [6, 6.07) is 12.1. The predicted molar refractivity (Wildman–Crippen MR) is 170 cm³/mol. The predicted octanol–water partition coefficient (Wildman–Crippen LogP) is 3.82. The fourth-order valence-corrected chi connectivity index (χ4v) is 5.23. The van der Waals surface area contributed by atoms with E-state index in [1.807, 2.05) is 45.0 Å². The van der Waals surface area contributed by atoms with Gasteiger partial charge in [-0.05, 0) is 55.4 Å². The van der Waals surface area contributed by atoms with Crippen LogP contribution >= 0.6 is 0 Å². The number of aryl methyl sites for hydroxylation is 1. The highest BCUT2D eigenvalue weighted by Crippen LogP contribution is 2.22. The van der Waals surface area contributed by atoms with E-state index < -0.39 is 29.8 Å². The van der Waals surface area contributed by atoms with Gasteiger partial charge in [0.1, 0.15) is 36.8 Å². The van der Waals surface area contributed by atoms with Gasteiger partial charge in [-0.3, -0.25) is 19.2 Å². The summed E-state index contributed by atoms with van der Waals surface area (Å²) in [7, 11) is 3.33. The van der Waals surface area contributed by atoms with Crippen LogP contribution < -0.4 is 20.1 Å². The Morgan fingerprint density at radius 3 is 2.34 bits per heavy atom. The van der Waals surface area contributed by atoms with Gasteiger partial charge in [0.2, 0.25) is 17.7 Å². The molecule has 1 aliphatic rings. The van der Waals surface area contributed by atoms with E-state index in [9.17, 15) is 19.2 Å². The molecule has 0 unspecified atom stereocenters.